The van der Waals surface area contributed by atoms with Crippen molar-refractivity contribution in [2.45, 2.75) is 63.5 Å². The molecule has 3 nitrogen and oxygen atoms in total. The van der Waals surface area contributed by atoms with Crippen LogP contribution in [0.15, 0.2) is 42.8 Å². The third-order valence-electron chi connectivity index (χ3n) is 7.96. The molecule has 3 heterocycles. The summed E-state index contributed by atoms with van der Waals surface area (Å²) in [6.07, 6.45) is 20.7. The molecular weight excluding hydrogens is 330 g/mol. The third kappa shape index (κ3) is 3.30. The molecule has 0 amide bonds. The van der Waals surface area contributed by atoms with Crippen LogP contribution in [0.3, 0.4) is 0 Å². The molecule has 1 unspecified atom stereocenters. The van der Waals surface area contributed by atoms with E-state index >= 15 is 0 Å². The quantitative estimate of drug-likeness (QED) is 0.787. The van der Waals surface area contributed by atoms with E-state index in [0.717, 1.165) is 12.5 Å². The predicted octanol–water partition coefficient (Wildman–Crippen LogP) is 4.52. The minimum Gasteiger partial charge on any atom is -0.300 e. The molecule has 3 heteroatoms. The first-order valence-corrected chi connectivity index (χ1v) is 10.9. The van der Waals surface area contributed by atoms with E-state index in [1.165, 1.54) is 75.8 Å². The van der Waals surface area contributed by atoms with Gasteiger partial charge in [-0.15, -0.1) is 0 Å². The Bertz CT molecular complexity index is 725. The van der Waals surface area contributed by atoms with Gasteiger partial charge in [0.1, 0.15) is 0 Å². The van der Waals surface area contributed by atoms with Crippen molar-refractivity contribution in [3.05, 3.63) is 48.3 Å². The van der Waals surface area contributed by atoms with Crippen molar-refractivity contribution in [2.75, 3.05) is 26.2 Å². The van der Waals surface area contributed by atoms with Gasteiger partial charge in [-0.3, -0.25) is 9.88 Å². The molecule has 27 heavy (non-hydrogen) atoms. The van der Waals surface area contributed by atoms with Crippen LogP contribution in [-0.4, -0.2) is 52.5 Å². The van der Waals surface area contributed by atoms with Gasteiger partial charge in [0, 0.05) is 30.5 Å². The SMILES string of the molecule is CC1(N2CCC3(CCN(C4CCC4)CC3)C2)C=CC(c2cccnc2)=CC1. The van der Waals surface area contributed by atoms with Gasteiger partial charge in [-0.2, -0.15) is 0 Å². The summed E-state index contributed by atoms with van der Waals surface area (Å²) >= 11 is 0. The first-order chi connectivity index (χ1) is 13.2. The lowest BCUT2D eigenvalue weighted by atomic mass is 9.76. The highest BCUT2D eigenvalue weighted by Gasteiger charge is 2.46. The van der Waals surface area contributed by atoms with E-state index in [2.05, 4.69) is 46.0 Å². The summed E-state index contributed by atoms with van der Waals surface area (Å²) in [5, 5.41) is 0. The molecule has 1 spiro atoms. The Hall–Kier alpha value is -1.45. The van der Waals surface area contributed by atoms with Crippen molar-refractivity contribution in [3.63, 3.8) is 0 Å². The molecule has 1 atom stereocenters. The number of piperidine rings is 1. The summed E-state index contributed by atoms with van der Waals surface area (Å²) in [4.78, 5) is 9.84. The molecule has 3 fully saturated rings. The molecule has 0 N–H and O–H groups in total. The van der Waals surface area contributed by atoms with E-state index in [9.17, 15) is 0 Å². The fraction of sp³-hybridized carbons (Fsp3) is 0.625. The van der Waals surface area contributed by atoms with Gasteiger partial charge in [-0.25, -0.2) is 0 Å². The summed E-state index contributed by atoms with van der Waals surface area (Å²) in [7, 11) is 0. The van der Waals surface area contributed by atoms with E-state index in [0.29, 0.717) is 5.41 Å². The maximum Gasteiger partial charge on any atom is 0.0401 e. The monoisotopic (exact) mass is 363 g/mol. The Morgan fingerprint density at radius 1 is 1.11 bits per heavy atom. The molecule has 0 aromatic carbocycles. The first-order valence-electron chi connectivity index (χ1n) is 10.9. The number of hydrogen-bond acceptors (Lipinski definition) is 3. The van der Waals surface area contributed by atoms with Gasteiger partial charge in [-0.1, -0.05) is 30.7 Å². The maximum absolute atomic E-state index is 4.27. The second kappa shape index (κ2) is 6.86. The molecule has 1 aromatic rings. The minimum absolute atomic E-state index is 0.181. The number of rotatable bonds is 3. The fourth-order valence-electron chi connectivity index (χ4n) is 5.60. The molecule has 2 aliphatic heterocycles. The van der Waals surface area contributed by atoms with E-state index in [-0.39, 0.29) is 5.54 Å². The third-order valence-corrected chi connectivity index (χ3v) is 7.96. The number of nitrogens with zero attached hydrogens (tertiary/aromatic N) is 3. The Kier molecular flexibility index (Phi) is 4.48. The molecule has 5 rings (SSSR count). The molecule has 0 radical (unpaired) electrons. The van der Waals surface area contributed by atoms with Gasteiger partial charge in [0.2, 0.25) is 0 Å². The van der Waals surface area contributed by atoms with Crippen molar-refractivity contribution in [3.8, 4) is 0 Å². The highest BCUT2D eigenvalue weighted by molar-refractivity contribution is 5.75. The van der Waals surface area contributed by atoms with Crippen LogP contribution >= 0.6 is 0 Å². The fourth-order valence-corrected chi connectivity index (χ4v) is 5.60. The van der Waals surface area contributed by atoms with Gasteiger partial charge in [-0.05, 0) is 87.7 Å². The summed E-state index contributed by atoms with van der Waals surface area (Å²) in [5.41, 5.74) is 3.32. The summed E-state index contributed by atoms with van der Waals surface area (Å²) in [6, 6.07) is 5.11. The lowest BCUT2D eigenvalue weighted by molar-refractivity contribution is 0.0412. The lowest BCUT2D eigenvalue weighted by Gasteiger charge is -2.46. The molecule has 2 aliphatic carbocycles. The predicted molar refractivity (Wildman–Crippen MR) is 111 cm³/mol. The Morgan fingerprint density at radius 2 is 1.93 bits per heavy atom. The van der Waals surface area contributed by atoms with Gasteiger partial charge in [0.05, 0.1) is 0 Å². The number of pyridine rings is 1. The molecule has 1 aromatic heterocycles. The normalized spacial score (nSPS) is 31.8. The van der Waals surface area contributed by atoms with E-state index in [4.69, 9.17) is 0 Å². The highest BCUT2D eigenvalue weighted by Crippen LogP contribution is 2.45. The zero-order chi connectivity index (χ0) is 18.3. The van der Waals surface area contributed by atoms with Crippen molar-refractivity contribution < 1.29 is 0 Å². The summed E-state index contributed by atoms with van der Waals surface area (Å²) in [6.45, 7) is 7.68. The van der Waals surface area contributed by atoms with Gasteiger partial charge in [0.25, 0.3) is 0 Å². The number of allylic oxidation sites excluding steroid dienone is 2. The van der Waals surface area contributed by atoms with Gasteiger partial charge < -0.3 is 4.90 Å². The van der Waals surface area contributed by atoms with Crippen molar-refractivity contribution in [1.82, 2.24) is 14.8 Å². The Labute approximate surface area is 164 Å². The van der Waals surface area contributed by atoms with Crippen LogP contribution in [0.1, 0.15) is 57.4 Å². The lowest BCUT2D eigenvalue weighted by Crippen LogP contribution is -2.50. The first kappa shape index (κ1) is 17.6. The van der Waals surface area contributed by atoms with Crippen LogP contribution in [0.2, 0.25) is 0 Å². The van der Waals surface area contributed by atoms with Gasteiger partial charge in [0.15, 0.2) is 0 Å². The number of aromatic nitrogens is 1. The summed E-state index contributed by atoms with van der Waals surface area (Å²) in [5.74, 6) is 0. The number of likely N-dealkylation sites (tertiary alicyclic amines) is 2. The maximum atomic E-state index is 4.27. The zero-order valence-electron chi connectivity index (χ0n) is 16.7. The second-order valence-corrected chi connectivity index (χ2v) is 9.59. The number of hydrogen-bond donors (Lipinski definition) is 0. The second-order valence-electron chi connectivity index (χ2n) is 9.59. The topological polar surface area (TPSA) is 19.4 Å². The van der Waals surface area contributed by atoms with Crippen LogP contribution < -0.4 is 0 Å². The van der Waals surface area contributed by atoms with E-state index < -0.39 is 0 Å². The zero-order valence-corrected chi connectivity index (χ0v) is 16.7. The minimum atomic E-state index is 0.181. The van der Waals surface area contributed by atoms with Crippen LogP contribution in [-0.2, 0) is 0 Å². The van der Waals surface area contributed by atoms with E-state index in [1.54, 1.807) is 0 Å². The molecule has 1 saturated carbocycles. The van der Waals surface area contributed by atoms with Crippen LogP contribution in [0.5, 0.6) is 0 Å². The van der Waals surface area contributed by atoms with Crippen LogP contribution in [0, 0.1) is 5.41 Å². The average molecular weight is 364 g/mol. The van der Waals surface area contributed by atoms with Crippen molar-refractivity contribution >= 4 is 5.57 Å². The molecule has 4 aliphatic rings. The molecule has 2 saturated heterocycles. The van der Waals surface area contributed by atoms with Gasteiger partial charge >= 0.3 is 0 Å². The Morgan fingerprint density at radius 3 is 2.56 bits per heavy atom. The smallest absolute Gasteiger partial charge is 0.0401 e. The van der Waals surface area contributed by atoms with E-state index in [1.807, 2.05) is 18.5 Å². The largest absolute Gasteiger partial charge is 0.300 e. The summed E-state index contributed by atoms with van der Waals surface area (Å²) < 4.78 is 0. The highest BCUT2D eigenvalue weighted by atomic mass is 15.2. The molecular formula is C24H33N3. The average Bonchev–Trinajstić information content (AvgIpc) is 3.08. The molecule has 144 valence electrons. The standard InChI is InChI=1S/C24H33N3/c1-23(9-7-20(8-10-23)21-4-3-14-25-18-21)27-17-13-24(19-27)11-15-26(16-12-24)22-5-2-6-22/h3-4,7-9,14,18,22H,2,5-6,10-13,15-17,19H2,1H3. The van der Waals surface area contributed by atoms with Crippen molar-refractivity contribution in [1.29, 1.82) is 0 Å². The van der Waals surface area contributed by atoms with Crippen LogP contribution in [0.25, 0.3) is 5.57 Å². The Balaban J connectivity index is 1.22. The molecule has 0 bridgehead atoms. The van der Waals surface area contributed by atoms with Crippen molar-refractivity contribution in [2.24, 2.45) is 5.41 Å². The van der Waals surface area contributed by atoms with Crippen LogP contribution in [0.4, 0.5) is 0 Å².